The molecule has 28 heavy (non-hydrogen) atoms. The molecule has 0 aliphatic rings. The summed E-state index contributed by atoms with van der Waals surface area (Å²) in [6, 6.07) is 6.75. The van der Waals surface area contributed by atoms with E-state index in [0.717, 1.165) is 18.2 Å². The van der Waals surface area contributed by atoms with E-state index in [2.05, 4.69) is 27.0 Å². The van der Waals surface area contributed by atoms with E-state index in [9.17, 15) is 14.5 Å². The first kappa shape index (κ1) is 19.0. The van der Waals surface area contributed by atoms with Crippen molar-refractivity contribution in [3.05, 3.63) is 58.1 Å². The molecule has 0 fully saturated rings. The van der Waals surface area contributed by atoms with Crippen molar-refractivity contribution < 1.29 is 13.7 Å². The highest BCUT2D eigenvalue weighted by Gasteiger charge is 2.22. The molecule has 0 atom stereocenters. The van der Waals surface area contributed by atoms with Crippen LogP contribution in [0.5, 0.6) is 0 Å². The summed E-state index contributed by atoms with van der Waals surface area (Å²) in [6.07, 6.45) is 1.50. The zero-order valence-corrected chi connectivity index (χ0v) is 15.2. The molecular weight excluding hydrogens is 367 g/mol. The Balaban J connectivity index is 2.08. The van der Waals surface area contributed by atoms with E-state index >= 15 is 0 Å². The first-order valence-corrected chi connectivity index (χ1v) is 8.19. The zero-order valence-electron chi connectivity index (χ0n) is 15.2. The first-order valence-electron chi connectivity index (χ1n) is 8.19. The number of nitrogens with one attached hydrogen (secondary N) is 1. The molecule has 0 aliphatic carbocycles. The number of hydrogen-bond donors (Lipinski definition) is 1. The van der Waals surface area contributed by atoms with Gasteiger partial charge in [0.1, 0.15) is 17.2 Å². The molecule has 0 bridgehead atoms. The van der Waals surface area contributed by atoms with E-state index in [0.29, 0.717) is 28.9 Å². The fourth-order valence-electron chi connectivity index (χ4n) is 2.74. The molecule has 144 valence electrons. The van der Waals surface area contributed by atoms with Crippen LogP contribution in [0.4, 0.5) is 27.5 Å². The molecule has 1 aromatic carbocycles. The number of rotatable bonds is 7. The number of halogens is 1. The Bertz CT molecular complexity index is 1020. The van der Waals surface area contributed by atoms with Crippen LogP contribution in [0, 0.1) is 15.9 Å². The van der Waals surface area contributed by atoms with Crippen LogP contribution in [-0.4, -0.2) is 35.7 Å². The van der Waals surface area contributed by atoms with Crippen LogP contribution < -0.4 is 10.2 Å². The maximum atomic E-state index is 13.7. The van der Waals surface area contributed by atoms with Gasteiger partial charge in [0, 0.05) is 20.2 Å². The topological polar surface area (TPSA) is 110 Å². The van der Waals surface area contributed by atoms with Gasteiger partial charge in [0.05, 0.1) is 23.3 Å². The highest BCUT2D eigenvalue weighted by Crippen LogP contribution is 2.37. The molecule has 9 nitrogen and oxygen atoms in total. The first-order chi connectivity index (χ1) is 13.4. The van der Waals surface area contributed by atoms with Crippen molar-refractivity contribution in [3.8, 4) is 11.5 Å². The van der Waals surface area contributed by atoms with E-state index in [1.807, 2.05) is 0 Å². The van der Waals surface area contributed by atoms with Gasteiger partial charge in [0.2, 0.25) is 5.95 Å². The summed E-state index contributed by atoms with van der Waals surface area (Å²) < 4.78 is 19.1. The van der Waals surface area contributed by atoms with Gasteiger partial charge < -0.3 is 14.6 Å². The lowest BCUT2D eigenvalue weighted by molar-refractivity contribution is -0.385. The van der Waals surface area contributed by atoms with Crippen LogP contribution in [0.15, 0.2) is 46.0 Å². The molecule has 0 saturated carbocycles. The smallest absolute Gasteiger partial charge is 0.274 e. The van der Waals surface area contributed by atoms with Gasteiger partial charge in [0.25, 0.3) is 5.69 Å². The summed E-state index contributed by atoms with van der Waals surface area (Å²) in [5.41, 5.74) is 0.771. The number of nitro benzene ring substituents is 1. The van der Waals surface area contributed by atoms with Crippen molar-refractivity contribution in [3.63, 3.8) is 0 Å². The predicted octanol–water partition coefficient (Wildman–Crippen LogP) is 3.79. The Hall–Kier alpha value is -3.82. The Kier molecular flexibility index (Phi) is 5.30. The molecule has 2 heterocycles. The Labute approximate surface area is 159 Å². The Morgan fingerprint density at radius 1 is 1.39 bits per heavy atom. The average Bonchev–Trinajstić information content (AvgIpc) is 3.21. The average molecular weight is 384 g/mol. The SMILES string of the molecule is C=Nc1c(-c2ccco2)nc(NC)nc1N(C)Cc1cc(F)ccc1[N+](=O)[O-]. The fourth-order valence-corrected chi connectivity index (χ4v) is 2.74. The van der Waals surface area contributed by atoms with Crippen molar-refractivity contribution >= 4 is 29.9 Å². The summed E-state index contributed by atoms with van der Waals surface area (Å²) >= 11 is 0. The third kappa shape index (κ3) is 3.65. The van der Waals surface area contributed by atoms with Crippen LogP contribution >= 0.6 is 0 Å². The number of nitrogens with zero attached hydrogens (tertiary/aromatic N) is 5. The van der Waals surface area contributed by atoms with E-state index in [1.54, 1.807) is 31.1 Å². The van der Waals surface area contributed by atoms with Gasteiger partial charge in [-0.2, -0.15) is 4.98 Å². The van der Waals surface area contributed by atoms with Crippen molar-refractivity contribution in [2.45, 2.75) is 6.54 Å². The minimum absolute atomic E-state index is 0.0222. The minimum Gasteiger partial charge on any atom is -0.463 e. The molecule has 0 spiro atoms. The number of hydrogen-bond acceptors (Lipinski definition) is 8. The van der Waals surface area contributed by atoms with E-state index in [1.165, 1.54) is 6.26 Å². The molecule has 0 unspecified atom stereocenters. The predicted molar refractivity (Wildman–Crippen MR) is 104 cm³/mol. The molecule has 0 aliphatic heterocycles. The highest BCUT2D eigenvalue weighted by molar-refractivity contribution is 5.81. The summed E-state index contributed by atoms with van der Waals surface area (Å²) in [7, 11) is 3.32. The maximum Gasteiger partial charge on any atom is 0.274 e. The molecule has 0 saturated heterocycles. The van der Waals surface area contributed by atoms with Crippen LogP contribution in [0.2, 0.25) is 0 Å². The summed E-state index contributed by atoms with van der Waals surface area (Å²) in [6.45, 7) is 3.60. The second-order valence-corrected chi connectivity index (χ2v) is 5.84. The van der Waals surface area contributed by atoms with Crippen LogP contribution in [0.1, 0.15) is 5.56 Å². The van der Waals surface area contributed by atoms with E-state index < -0.39 is 10.7 Å². The third-order valence-corrected chi connectivity index (χ3v) is 4.01. The van der Waals surface area contributed by atoms with Gasteiger partial charge in [-0.1, -0.05) is 0 Å². The lowest BCUT2D eigenvalue weighted by atomic mass is 10.1. The molecule has 0 amide bonds. The van der Waals surface area contributed by atoms with Gasteiger partial charge in [-0.15, -0.1) is 0 Å². The van der Waals surface area contributed by atoms with Gasteiger partial charge in [0.15, 0.2) is 11.6 Å². The largest absolute Gasteiger partial charge is 0.463 e. The van der Waals surface area contributed by atoms with Crippen molar-refractivity contribution in [1.29, 1.82) is 0 Å². The number of anilines is 2. The van der Waals surface area contributed by atoms with Crippen molar-refractivity contribution in [2.75, 3.05) is 24.3 Å². The lowest BCUT2D eigenvalue weighted by Crippen LogP contribution is -2.20. The molecule has 2 aromatic heterocycles. The zero-order chi connectivity index (χ0) is 20.3. The molecule has 0 radical (unpaired) electrons. The van der Waals surface area contributed by atoms with Crippen LogP contribution in [-0.2, 0) is 6.54 Å². The second kappa shape index (κ2) is 7.82. The minimum atomic E-state index is -0.564. The number of furan rings is 1. The number of nitro groups is 1. The Morgan fingerprint density at radius 2 is 2.18 bits per heavy atom. The molecule has 1 N–H and O–H groups in total. The van der Waals surface area contributed by atoms with Gasteiger partial charge in [-0.3, -0.25) is 15.1 Å². The molecular formula is C18H17FN6O3. The second-order valence-electron chi connectivity index (χ2n) is 5.84. The van der Waals surface area contributed by atoms with Crippen LogP contribution in [0.25, 0.3) is 11.5 Å². The number of benzene rings is 1. The van der Waals surface area contributed by atoms with Gasteiger partial charge in [-0.25, -0.2) is 9.37 Å². The molecule has 10 heteroatoms. The highest BCUT2D eigenvalue weighted by atomic mass is 19.1. The maximum absolute atomic E-state index is 13.7. The Morgan fingerprint density at radius 3 is 2.79 bits per heavy atom. The van der Waals surface area contributed by atoms with Crippen molar-refractivity contribution in [1.82, 2.24) is 9.97 Å². The van der Waals surface area contributed by atoms with Gasteiger partial charge in [-0.05, 0) is 31.0 Å². The number of aliphatic imine (C=N–C) groups is 1. The molecule has 3 aromatic rings. The number of aromatic nitrogens is 2. The molecule has 3 rings (SSSR count). The third-order valence-electron chi connectivity index (χ3n) is 4.01. The summed E-state index contributed by atoms with van der Waals surface area (Å²) in [5.74, 6) is 0.562. The van der Waals surface area contributed by atoms with Crippen molar-refractivity contribution in [2.24, 2.45) is 4.99 Å². The summed E-state index contributed by atoms with van der Waals surface area (Å²) in [5, 5.41) is 14.1. The van der Waals surface area contributed by atoms with E-state index in [4.69, 9.17) is 4.42 Å². The normalized spacial score (nSPS) is 10.5. The monoisotopic (exact) mass is 384 g/mol. The fraction of sp³-hybridized carbons (Fsp3) is 0.167. The van der Waals surface area contributed by atoms with E-state index in [-0.39, 0.29) is 17.8 Å². The standard InChI is InChI=1S/C18H17FN6O3/c1-20-16-15(14-5-4-8-28-14)22-18(21-2)23-17(16)24(3)10-11-9-12(19)6-7-13(11)25(26)27/h4-9H,1,10H2,2-3H3,(H,21,22,23). The van der Waals surface area contributed by atoms with Gasteiger partial charge >= 0.3 is 0 Å². The lowest BCUT2D eigenvalue weighted by Gasteiger charge is -2.21. The summed E-state index contributed by atoms with van der Waals surface area (Å²) in [4.78, 5) is 25.1. The quantitative estimate of drug-likeness (QED) is 0.375. The van der Waals surface area contributed by atoms with Crippen LogP contribution in [0.3, 0.4) is 0 Å².